The molecule has 21 heavy (non-hydrogen) atoms. The van der Waals surface area contributed by atoms with Crippen LogP contribution in [0.5, 0.6) is 0 Å². The third kappa shape index (κ3) is 2.72. The zero-order valence-electron chi connectivity index (χ0n) is 10.7. The SMILES string of the molecule is O=C(NC1CCCC1CO)c1c(F)c(F)c(F)c(F)c1F. The van der Waals surface area contributed by atoms with Gasteiger partial charge in [0.2, 0.25) is 5.82 Å². The fourth-order valence-corrected chi connectivity index (χ4v) is 2.49. The third-order valence-electron chi connectivity index (χ3n) is 3.65. The van der Waals surface area contributed by atoms with E-state index in [4.69, 9.17) is 5.11 Å². The summed E-state index contributed by atoms with van der Waals surface area (Å²) in [6, 6.07) is -0.558. The molecule has 1 aromatic rings. The molecule has 1 aliphatic carbocycles. The van der Waals surface area contributed by atoms with E-state index in [0.29, 0.717) is 19.3 Å². The Hall–Kier alpha value is -1.70. The monoisotopic (exact) mass is 309 g/mol. The van der Waals surface area contributed by atoms with Crippen LogP contribution in [-0.2, 0) is 0 Å². The first-order valence-electron chi connectivity index (χ1n) is 6.31. The number of aliphatic hydroxyl groups is 1. The molecule has 1 saturated carbocycles. The Labute approximate surface area is 116 Å². The van der Waals surface area contributed by atoms with Crippen LogP contribution in [0.4, 0.5) is 22.0 Å². The molecule has 0 radical (unpaired) electrons. The predicted molar refractivity (Wildman–Crippen MR) is 61.9 cm³/mol. The van der Waals surface area contributed by atoms with Crippen LogP contribution in [0.15, 0.2) is 0 Å². The highest BCUT2D eigenvalue weighted by atomic mass is 19.2. The van der Waals surface area contributed by atoms with Crippen molar-refractivity contribution in [2.75, 3.05) is 6.61 Å². The van der Waals surface area contributed by atoms with Gasteiger partial charge in [-0.25, -0.2) is 22.0 Å². The molecule has 1 fully saturated rings. The highest BCUT2D eigenvalue weighted by Gasteiger charge is 2.33. The van der Waals surface area contributed by atoms with Gasteiger partial charge < -0.3 is 10.4 Å². The Morgan fingerprint density at radius 3 is 2.05 bits per heavy atom. The first-order valence-corrected chi connectivity index (χ1v) is 6.31. The minimum Gasteiger partial charge on any atom is -0.396 e. The van der Waals surface area contributed by atoms with E-state index < -0.39 is 46.6 Å². The van der Waals surface area contributed by atoms with Crippen LogP contribution in [0.2, 0.25) is 0 Å². The van der Waals surface area contributed by atoms with Crippen molar-refractivity contribution in [1.82, 2.24) is 5.32 Å². The largest absolute Gasteiger partial charge is 0.396 e. The van der Waals surface area contributed by atoms with Gasteiger partial charge in [0.25, 0.3) is 5.91 Å². The lowest BCUT2D eigenvalue weighted by Crippen LogP contribution is -2.39. The Kier molecular flexibility index (Phi) is 4.46. The molecule has 0 aliphatic heterocycles. The second-order valence-electron chi connectivity index (χ2n) is 4.90. The van der Waals surface area contributed by atoms with E-state index in [1.807, 2.05) is 0 Å². The van der Waals surface area contributed by atoms with Gasteiger partial charge in [-0.05, 0) is 12.8 Å². The minimum absolute atomic E-state index is 0.234. The molecule has 0 spiro atoms. The van der Waals surface area contributed by atoms with Crippen molar-refractivity contribution in [3.05, 3.63) is 34.6 Å². The normalized spacial score (nSPS) is 21.6. The van der Waals surface area contributed by atoms with Crippen molar-refractivity contribution in [2.45, 2.75) is 25.3 Å². The summed E-state index contributed by atoms with van der Waals surface area (Å²) in [6.45, 7) is -0.234. The number of nitrogens with one attached hydrogen (secondary N) is 1. The van der Waals surface area contributed by atoms with Gasteiger partial charge in [-0.2, -0.15) is 0 Å². The predicted octanol–water partition coefficient (Wildman–Crippen LogP) is 2.27. The van der Waals surface area contributed by atoms with E-state index >= 15 is 0 Å². The van der Waals surface area contributed by atoms with E-state index in [0.717, 1.165) is 0 Å². The third-order valence-corrected chi connectivity index (χ3v) is 3.65. The van der Waals surface area contributed by atoms with E-state index in [2.05, 4.69) is 5.32 Å². The second-order valence-corrected chi connectivity index (χ2v) is 4.90. The Bertz CT molecular complexity index is 549. The summed E-state index contributed by atoms with van der Waals surface area (Å²) < 4.78 is 65.9. The molecule has 2 atom stereocenters. The van der Waals surface area contributed by atoms with Crippen LogP contribution in [-0.4, -0.2) is 23.7 Å². The molecule has 1 aromatic carbocycles. The molecule has 116 valence electrons. The number of hydrogen-bond acceptors (Lipinski definition) is 2. The van der Waals surface area contributed by atoms with Crippen LogP contribution < -0.4 is 5.32 Å². The molecule has 0 bridgehead atoms. The van der Waals surface area contributed by atoms with Crippen molar-refractivity contribution < 1.29 is 31.9 Å². The van der Waals surface area contributed by atoms with Gasteiger partial charge in [0.1, 0.15) is 5.56 Å². The minimum atomic E-state index is -2.31. The number of rotatable bonds is 3. The number of amides is 1. The Morgan fingerprint density at radius 2 is 1.52 bits per heavy atom. The van der Waals surface area contributed by atoms with E-state index in [9.17, 15) is 26.7 Å². The summed E-state index contributed by atoms with van der Waals surface area (Å²) >= 11 is 0. The molecule has 3 nitrogen and oxygen atoms in total. The molecule has 1 aliphatic rings. The lowest BCUT2D eigenvalue weighted by atomic mass is 10.0. The van der Waals surface area contributed by atoms with Crippen molar-refractivity contribution >= 4 is 5.91 Å². The molecule has 8 heteroatoms. The molecule has 0 saturated heterocycles. The van der Waals surface area contributed by atoms with Gasteiger partial charge in [0, 0.05) is 18.6 Å². The average molecular weight is 309 g/mol. The summed E-state index contributed by atoms with van der Waals surface area (Å²) in [5.41, 5.74) is -1.50. The molecule has 2 unspecified atom stereocenters. The number of carbonyl (C=O) groups excluding carboxylic acids is 1. The summed E-state index contributed by atoms with van der Waals surface area (Å²) in [4.78, 5) is 11.8. The van der Waals surface area contributed by atoms with Crippen LogP contribution in [0, 0.1) is 35.0 Å². The van der Waals surface area contributed by atoms with E-state index in [1.165, 1.54) is 0 Å². The fourth-order valence-electron chi connectivity index (χ4n) is 2.49. The topological polar surface area (TPSA) is 49.3 Å². The molecule has 0 aromatic heterocycles. The van der Waals surface area contributed by atoms with Gasteiger partial charge in [0.15, 0.2) is 23.3 Å². The molecular formula is C13H12F5NO2. The maximum absolute atomic E-state index is 13.5. The van der Waals surface area contributed by atoms with Gasteiger partial charge in [-0.1, -0.05) is 6.42 Å². The fraction of sp³-hybridized carbons (Fsp3) is 0.462. The van der Waals surface area contributed by atoms with E-state index in [-0.39, 0.29) is 12.5 Å². The van der Waals surface area contributed by atoms with E-state index in [1.54, 1.807) is 0 Å². The number of carbonyl (C=O) groups is 1. The average Bonchev–Trinajstić information content (AvgIpc) is 2.90. The Balaban J connectivity index is 2.32. The number of aliphatic hydroxyl groups excluding tert-OH is 1. The quantitative estimate of drug-likeness (QED) is 0.511. The van der Waals surface area contributed by atoms with Gasteiger partial charge in [-0.15, -0.1) is 0 Å². The standard InChI is InChI=1S/C13H12F5NO2/c14-8-7(9(15)11(17)12(18)10(8)16)13(21)19-6-3-1-2-5(6)4-20/h5-6,20H,1-4H2,(H,19,21). The van der Waals surface area contributed by atoms with Crippen LogP contribution >= 0.6 is 0 Å². The van der Waals surface area contributed by atoms with Crippen LogP contribution in [0.25, 0.3) is 0 Å². The smallest absolute Gasteiger partial charge is 0.257 e. The van der Waals surface area contributed by atoms with Crippen molar-refractivity contribution in [3.63, 3.8) is 0 Å². The number of halogens is 5. The van der Waals surface area contributed by atoms with Gasteiger partial charge in [-0.3, -0.25) is 4.79 Å². The summed E-state index contributed by atoms with van der Waals surface area (Å²) in [5.74, 6) is -12.6. The van der Waals surface area contributed by atoms with Crippen molar-refractivity contribution in [1.29, 1.82) is 0 Å². The summed E-state index contributed by atoms with van der Waals surface area (Å²) in [5, 5.41) is 11.3. The lowest BCUT2D eigenvalue weighted by molar-refractivity contribution is 0.0904. The van der Waals surface area contributed by atoms with Gasteiger partial charge in [0.05, 0.1) is 0 Å². The Morgan fingerprint density at radius 1 is 1.00 bits per heavy atom. The summed E-state index contributed by atoms with van der Waals surface area (Å²) in [6.07, 6.45) is 1.76. The maximum atomic E-state index is 13.5. The zero-order valence-corrected chi connectivity index (χ0v) is 10.7. The first kappa shape index (κ1) is 15.7. The lowest BCUT2D eigenvalue weighted by Gasteiger charge is -2.19. The highest BCUT2D eigenvalue weighted by molar-refractivity contribution is 5.95. The number of hydrogen-bond donors (Lipinski definition) is 2. The molecular weight excluding hydrogens is 297 g/mol. The molecule has 1 amide bonds. The second kappa shape index (κ2) is 5.97. The van der Waals surface area contributed by atoms with Crippen LogP contribution in [0.3, 0.4) is 0 Å². The van der Waals surface area contributed by atoms with Crippen molar-refractivity contribution in [2.24, 2.45) is 5.92 Å². The first-order chi connectivity index (χ1) is 9.88. The molecule has 0 heterocycles. The maximum Gasteiger partial charge on any atom is 0.257 e. The summed E-state index contributed by atoms with van der Waals surface area (Å²) in [7, 11) is 0. The zero-order chi connectivity index (χ0) is 15.7. The highest BCUT2D eigenvalue weighted by Crippen LogP contribution is 2.27. The van der Waals surface area contributed by atoms with Gasteiger partial charge >= 0.3 is 0 Å². The van der Waals surface area contributed by atoms with Crippen LogP contribution in [0.1, 0.15) is 29.6 Å². The number of benzene rings is 1. The molecule has 2 N–H and O–H groups in total. The van der Waals surface area contributed by atoms with Crippen molar-refractivity contribution in [3.8, 4) is 0 Å². The molecule has 2 rings (SSSR count).